The van der Waals surface area contributed by atoms with Gasteiger partial charge >= 0.3 is 6.61 Å². The van der Waals surface area contributed by atoms with Crippen LogP contribution in [0.25, 0.3) is 0 Å². The van der Waals surface area contributed by atoms with E-state index in [1.807, 2.05) is 0 Å². The van der Waals surface area contributed by atoms with Crippen LogP contribution in [0.4, 0.5) is 8.78 Å². The Morgan fingerprint density at radius 1 is 1.39 bits per heavy atom. The normalized spacial score (nSPS) is 10.9. The summed E-state index contributed by atoms with van der Waals surface area (Å²) in [6.45, 7) is 0.197. The molecule has 1 rings (SSSR count). The van der Waals surface area contributed by atoms with E-state index in [9.17, 15) is 13.6 Å². The summed E-state index contributed by atoms with van der Waals surface area (Å²) in [7, 11) is 0. The summed E-state index contributed by atoms with van der Waals surface area (Å²) in [5, 5.41) is 0. The number of carbonyl (C=O) groups is 1. The number of ether oxygens (including phenoxy) is 2. The first kappa shape index (κ1) is 14.0. The van der Waals surface area contributed by atoms with Crippen molar-refractivity contribution in [2.75, 3.05) is 0 Å². The average molecular weight is 254 g/mol. The molecule has 0 saturated heterocycles. The van der Waals surface area contributed by atoms with Gasteiger partial charge in [0, 0.05) is 5.56 Å². The van der Waals surface area contributed by atoms with Gasteiger partial charge in [0.25, 0.3) is 0 Å². The molecule has 0 spiro atoms. The first-order valence-electron chi connectivity index (χ1n) is 5.09. The molecule has 3 nitrogen and oxygen atoms in total. The SMILES string of the molecule is C#CC(C)(C)Oc1cc(C=O)ccc1OC(F)F. The minimum absolute atomic E-state index is 0.00264. The Kier molecular flexibility index (Phi) is 4.27. The highest BCUT2D eigenvalue weighted by atomic mass is 19.3. The fraction of sp³-hybridized carbons (Fsp3) is 0.308. The molecular weight excluding hydrogens is 242 g/mol. The molecule has 0 heterocycles. The molecule has 0 unspecified atom stereocenters. The van der Waals surface area contributed by atoms with E-state index in [2.05, 4.69) is 10.7 Å². The third-order valence-electron chi connectivity index (χ3n) is 2.03. The maximum atomic E-state index is 12.2. The zero-order valence-electron chi connectivity index (χ0n) is 9.94. The predicted octanol–water partition coefficient (Wildman–Crippen LogP) is 2.89. The maximum Gasteiger partial charge on any atom is 0.387 e. The first-order valence-corrected chi connectivity index (χ1v) is 5.09. The molecule has 96 valence electrons. The van der Waals surface area contributed by atoms with Crippen LogP contribution in [-0.4, -0.2) is 18.5 Å². The van der Waals surface area contributed by atoms with Crippen LogP contribution < -0.4 is 9.47 Å². The fourth-order valence-electron chi connectivity index (χ4n) is 1.18. The lowest BCUT2D eigenvalue weighted by atomic mass is 10.1. The standard InChI is InChI=1S/C13H12F2O3/c1-4-13(2,3)18-11-7-9(8-16)5-6-10(11)17-12(14)15/h1,5-8,12H,2-3H3. The van der Waals surface area contributed by atoms with E-state index in [0.717, 1.165) is 0 Å². The van der Waals surface area contributed by atoms with E-state index in [4.69, 9.17) is 11.2 Å². The van der Waals surface area contributed by atoms with Gasteiger partial charge in [-0.3, -0.25) is 4.79 Å². The number of alkyl halides is 2. The van der Waals surface area contributed by atoms with Crippen LogP contribution >= 0.6 is 0 Å². The highest BCUT2D eigenvalue weighted by molar-refractivity contribution is 5.76. The van der Waals surface area contributed by atoms with Crippen molar-refractivity contribution in [3.63, 3.8) is 0 Å². The predicted molar refractivity (Wildman–Crippen MR) is 62.0 cm³/mol. The molecule has 0 aromatic heterocycles. The summed E-state index contributed by atoms with van der Waals surface area (Å²) in [4.78, 5) is 10.6. The lowest BCUT2D eigenvalue weighted by Gasteiger charge is -2.22. The first-order chi connectivity index (χ1) is 8.38. The number of carbonyl (C=O) groups excluding carboxylic acids is 1. The van der Waals surface area contributed by atoms with Crippen molar-refractivity contribution in [3.05, 3.63) is 23.8 Å². The second-order valence-corrected chi connectivity index (χ2v) is 3.96. The van der Waals surface area contributed by atoms with Gasteiger partial charge in [-0.15, -0.1) is 6.42 Å². The molecular formula is C13H12F2O3. The summed E-state index contributed by atoms with van der Waals surface area (Å²) >= 11 is 0. The summed E-state index contributed by atoms with van der Waals surface area (Å²) in [5.74, 6) is 2.19. The van der Waals surface area contributed by atoms with Gasteiger partial charge in [0.2, 0.25) is 0 Å². The molecule has 0 N–H and O–H groups in total. The van der Waals surface area contributed by atoms with E-state index in [1.165, 1.54) is 18.2 Å². The van der Waals surface area contributed by atoms with E-state index < -0.39 is 12.2 Å². The van der Waals surface area contributed by atoms with Crippen molar-refractivity contribution in [2.45, 2.75) is 26.1 Å². The summed E-state index contributed by atoms with van der Waals surface area (Å²) in [6.07, 6.45) is 5.81. The molecule has 1 aromatic rings. The highest BCUT2D eigenvalue weighted by Crippen LogP contribution is 2.32. The van der Waals surface area contributed by atoms with Crippen LogP contribution in [0.3, 0.4) is 0 Å². The van der Waals surface area contributed by atoms with Crippen LogP contribution in [0.15, 0.2) is 18.2 Å². The molecule has 1 aromatic carbocycles. The topological polar surface area (TPSA) is 35.5 Å². The number of halogens is 2. The smallest absolute Gasteiger partial charge is 0.387 e. The summed E-state index contributed by atoms with van der Waals surface area (Å²) in [6, 6.07) is 3.88. The fourth-order valence-corrected chi connectivity index (χ4v) is 1.18. The molecule has 0 aliphatic rings. The van der Waals surface area contributed by atoms with Crippen molar-refractivity contribution < 1.29 is 23.0 Å². The van der Waals surface area contributed by atoms with Crippen molar-refractivity contribution >= 4 is 6.29 Å². The lowest BCUT2D eigenvalue weighted by molar-refractivity contribution is -0.0524. The van der Waals surface area contributed by atoms with Crippen LogP contribution in [0.2, 0.25) is 0 Å². The lowest BCUT2D eigenvalue weighted by Crippen LogP contribution is -2.26. The number of rotatable bonds is 5. The second-order valence-electron chi connectivity index (χ2n) is 3.96. The number of hydrogen-bond acceptors (Lipinski definition) is 3. The molecule has 0 fully saturated rings. The molecule has 0 amide bonds. The molecule has 5 heteroatoms. The maximum absolute atomic E-state index is 12.2. The Labute approximate surface area is 104 Å². The number of terminal acetylenes is 1. The van der Waals surface area contributed by atoms with Gasteiger partial charge in [0.05, 0.1) is 0 Å². The minimum Gasteiger partial charge on any atom is -0.471 e. The number of aldehydes is 1. The third kappa shape index (κ3) is 3.74. The van der Waals surface area contributed by atoms with Gasteiger partial charge in [-0.1, -0.05) is 5.92 Å². The van der Waals surface area contributed by atoms with E-state index >= 15 is 0 Å². The van der Waals surface area contributed by atoms with E-state index in [-0.39, 0.29) is 17.1 Å². The minimum atomic E-state index is -2.98. The zero-order valence-corrected chi connectivity index (χ0v) is 9.94. The molecule has 18 heavy (non-hydrogen) atoms. The average Bonchev–Trinajstić information content (AvgIpc) is 2.30. The highest BCUT2D eigenvalue weighted by Gasteiger charge is 2.20. The van der Waals surface area contributed by atoms with Gasteiger partial charge in [-0.2, -0.15) is 8.78 Å². The number of hydrogen-bond donors (Lipinski definition) is 0. The quantitative estimate of drug-likeness (QED) is 0.598. The zero-order chi connectivity index (χ0) is 13.8. The van der Waals surface area contributed by atoms with Crippen molar-refractivity contribution in [1.82, 2.24) is 0 Å². The Balaban J connectivity index is 3.12. The van der Waals surface area contributed by atoms with Crippen LogP contribution in [-0.2, 0) is 0 Å². The van der Waals surface area contributed by atoms with Crippen LogP contribution in [0.1, 0.15) is 24.2 Å². The molecule has 0 bridgehead atoms. The third-order valence-corrected chi connectivity index (χ3v) is 2.03. The molecule has 0 atom stereocenters. The van der Waals surface area contributed by atoms with E-state index in [1.54, 1.807) is 13.8 Å². The van der Waals surface area contributed by atoms with Gasteiger partial charge in [0.1, 0.15) is 6.29 Å². The van der Waals surface area contributed by atoms with Crippen molar-refractivity contribution in [1.29, 1.82) is 0 Å². The van der Waals surface area contributed by atoms with Crippen molar-refractivity contribution in [3.8, 4) is 23.8 Å². The Hall–Kier alpha value is -2.09. The Morgan fingerprint density at radius 2 is 2.06 bits per heavy atom. The summed E-state index contributed by atoms with van der Waals surface area (Å²) in [5.41, 5.74) is -0.721. The number of benzene rings is 1. The monoisotopic (exact) mass is 254 g/mol. The molecule has 0 saturated carbocycles. The van der Waals surface area contributed by atoms with Crippen molar-refractivity contribution in [2.24, 2.45) is 0 Å². The summed E-state index contributed by atoms with van der Waals surface area (Å²) < 4.78 is 34.1. The molecule has 0 aliphatic heterocycles. The van der Waals surface area contributed by atoms with Crippen LogP contribution in [0.5, 0.6) is 11.5 Å². The van der Waals surface area contributed by atoms with E-state index in [0.29, 0.717) is 6.29 Å². The van der Waals surface area contributed by atoms with Gasteiger partial charge in [0.15, 0.2) is 17.1 Å². The Bertz CT molecular complexity index is 476. The Morgan fingerprint density at radius 3 is 2.56 bits per heavy atom. The molecule has 0 radical (unpaired) electrons. The van der Waals surface area contributed by atoms with Gasteiger partial charge in [-0.25, -0.2) is 0 Å². The van der Waals surface area contributed by atoms with Crippen LogP contribution in [0, 0.1) is 12.3 Å². The second kappa shape index (κ2) is 5.50. The largest absolute Gasteiger partial charge is 0.471 e. The van der Waals surface area contributed by atoms with Gasteiger partial charge < -0.3 is 9.47 Å². The molecule has 0 aliphatic carbocycles. The van der Waals surface area contributed by atoms with Gasteiger partial charge in [-0.05, 0) is 32.0 Å².